The number of nitrogens with one attached hydrogen (secondary N) is 1. The number of phenols is 1. The molecule has 28 heavy (non-hydrogen) atoms. The summed E-state index contributed by atoms with van der Waals surface area (Å²) in [6.07, 6.45) is 2.85. The molecule has 0 fully saturated rings. The largest absolute Gasteiger partial charge is 0.508 e. The number of aliphatic hydroxyl groups excluding tert-OH is 1. The van der Waals surface area contributed by atoms with Gasteiger partial charge in [0.2, 0.25) is 5.95 Å². The van der Waals surface area contributed by atoms with Crippen molar-refractivity contribution in [1.82, 2.24) is 19.7 Å². The van der Waals surface area contributed by atoms with Gasteiger partial charge in [-0.1, -0.05) is 12.2 Å². The van der Waals surface area contributed by atoms with Crippen LogP contribution in [0.1, 0.15) is 13.8 Å². The van der Waals surface area contributed by atoms with Gasteiger partial charge in [0, 0.05) is 36.1 Å². The molecule has 3 aromatic rings. The second-order valence-corrected chi connectivity index (χ2v) is 6.74. The molecular formula is C20H22FN5O2. The van der Waals surface area contributed by atoms with Gasteiger partial charge < -0.3 is 15.5 Å². The minimum absolute atomic E-state index is 0.183. The van der Waals surface area contributed by atoms with Gasteiger partial charge in [0.15, 0.2) is 0 Å². The first kappa shape index (κ1) is 19.5. The number of aliphatic hydroxyl groups is 1. The maximum absolute atomic E-state index is 13.8. The third-order valence-electron chi connectivity index (χ3n) is 3.84. The zero-order chi connectivity index (χ0) is 20.3. The average molecular weight is 383 g/mol. The molecule has 2 aromatic heterocycles. The Morgan fingerprint density at radius 2 is 2.14 bits per heavy atom. The number of nitrogens with zero attached hydrogens (tertiary/aromatic N) is 4. The van der Waals surface area contributed by atoms with Crippen LogP contribution in [0.4, 0.5) is 10.3 Å². The third kappa shape index (κ3) is 4.72. The van der Waals surface area contributed by atoms with Gasteiger partial charge in [-0.05, 0) is 32.0 Å². The summed E-state index contributed by atoms with van der Waals surface area (Å²) in [7, 11) is 0. The summed E-state index contributed by atoms with van der Waals surface area (Å²) >= 11 is 0. The molecule has 7 nitrogen and oxygen atoms in total. The molecule has 0 aliphatic rings. The Labute approximate surface area is 162 Å². The van der Waals surface area contributed by atoms with Gasteiger partial charge in [0.05, 0.1) is 18.3 Å². The minimum atomic E-state index is -0.558. The van der Waals surface area contributed by atoms with Crippen LogP contribution >= 0.6 is 0 Å². The first-order valence-corrected chi connectivity index (χ1v) is 8.79. The summed E-state index contributed by atoms with van der Waals surface area (Å²) in [5, 5.41) is 26.7. The molecule has 0 spiro atoms. The van der Waals surface area contributed by atoms with Crippen LogP contribution in [0.25, 0.3) is 22.5 Å². The SMILES string of the molecule is C=C(C)Cn1cc(-c2ccnc(NCC(C)O)n2)c(-c2cc(O)cc(F)c2)n1. The smallest absolute Gasteiger partial charge is 0.223 e. The van der Waals surface area contributed by atoms with Crippen molar-refractivity contribution in [3.05, 3.63) is 54.6 Å². The third-order valence-corrected chi connectivity index (χ3v) is 3.84. The van der Waals surface area contributed by atoms with E-state index in [4.69, 9.17) is 0 Å². The summed E-state index contributed by atoms with van der Waals surface area (Å²) < 4.78 is 15.5. The highest BCUT2D eigenvalue weighted by atomic mass is 19.1. The number of rotatable bonds is 7. The van der Waals surface area contributed by atoms with Crippen LogP contribution in [0.5, 0.6) is 5.75 Å². The van der Waals surface area contributed by atoms with E-state index in [1.165, 1.54) is 12.1 Å². The Morgan fingerprint density at radius 3 is 2.82 bits per heavy atom. The van der Waals surface area contributed by atoms with Crippen molar-refractivity contribution < 1.29 is 14.6 Å². The summed E-state index contributed by atoms with van der Waals surface area (Å²) in [5.74, 6) is -0.381. The lowest BCUT2D eigenvalue weighted by molar-refractivity contribution is 0.208. The monoisotopic (exact) mass is 383 g/mol. The zero-order valence-electron chi connectivity index (χ0n) is 15.7. The van der Waals surface area contributed by atoms with E-state index in [2.05, 4.69) is 27.0 Å². The first-order valence-electron chi connectivity index (χ1n) is 8.79. The molecule has 3 N–H and O–H groups in total. The molecule has 0 radical (unpaired) electrons. The predicted octanol–water partition coefficient (Wildman–Crippen LogP) is 3.22. The predicted molar refractivity (Wildman–Crippen MR) is 105 cm³/mol. The highest BCUT2D eigenvalue weighted by Gasteiger charge is 2.17. The number of phenolic OH excluding ortho intramolecular Hbond substituents is 1. The average Bonchev–Trinajstić information content (AvgIpc) is 3.02. The topological polar surface area (TPSA) is 96.1 Å². The number of anilines is 1. The summed E-state index contributed by atoms with van der Waals surface area (Å²) in [6, 6.07) is 5.52. The van der Waals surface area contributed by atoms with Crippen molar-refractivity contribution >= 4 is 5.95 Å². The van der Waals surface area contributed by atoms with Crippen LogP contribution in [0.3, 0.4) is 0 Å². The minimum Gasteiger partial charge on any atom is -0.508 e. The molecule has 3 rings (SSSR count). The number of aromatic hydroxyl groups is 1. The highest BCUT2D eigenvalue weighted by Crippen LogP contribution is 2.32. The van der Waals surface area contributed by atoms with Crippen LogP contribution in [-0.4, -0.2) is 42.6 Å². The van der Waals surface area contributed by atoms with E-state index in [-0.39, 0.29) is 5.75 Å². The normalized spacial score (nSPS) is 12.0. The number of allylic oxidation sites excluding steroid dienone is 1. The molecule has 0 bridgehead atoms. The molecule has 1 unspecified atom stereocenters. The fraction of sp³-hybridized carbons (Fsp3) is 0.250. The van der Waals surface area contributed by atoms with Crippen molar-refractivity contribution in [3.63, 3.8) is 0 Å². The van der Waals surface area contributed by atoms with Crippen LogP contribution in [0, 0.1) is 5.82 Å². The number of aromatic nitrogens is 4. The van der Waals surface area contributed by atoms with Gasteiger partial charge in [0.1, 0.15) is 17.3 Å². The molecular weight excluding hydrogens is 361 g/mol. The van der Waals surface area contributed by atoms with E-state index in [1.807, 2.05) is 6.92 Å². The number of hydrogen-bond donors (Lipinski definition) is 3. The second-order valence-electron chi connectivity index (χ2n) is 6.74. The lowest BCUT2D eigenvalue weighted by Crippen LogP contribution is -2.16. The number of benzene rings is 1. The van der Waals surface area contributed by atoms with E-state index < -0.39 is 11.9 Å². The number of halogens is 1. The van der Waals surface area contributed by atoms with E-state index in [0.29, 0.717) is 41.6 Å². The molecule has 2 heterocycles. The van der Waals surface area contributed by atoms with Crippen molar-refractivity contribution in [2.24, 2.45) is 0 Å². The fourth-order valence-electron chi connectivity index (χ4n) is 2.72. The Hall–Kier alpha value is -3.26. The number of hydrogen-bond acceptors (Lipinski definition) is 6. The summed E-state index contributed by atoms with van der Waals surface area (Å²) in [4.78, 5) is 8.62. The van der Waals surface area contributed by atoms with Gasteiger partial charge >= 0.3 is 0 Å². The summed E-state index contributed by atoms with van der Waals surface area (Å²) in [6.45, 7) is 8.25. The highest BCUT2D eigenvalue weighted by molar-refractivity contribution is 5.79. The zero-order valence-corrected chi connectivity index (χ0v) is 15.7. The summed E-state index contributed by atoms with van der Waals surface area (Å²) in [5.41, 5.74) is 3.06. The van der Waals surface area contributed by atoms with Gasteiger partial charge in [-0.15, -0.1) is 0 Å². The molecule has 0 saturated carbocycles. The fourth-order valence-corrected chi connectivity index (χ4v) is 2.72. The van der Waals surface area contributed by atoms with Gasteiger partial charge in [-0.25, -0.2) is 14.4 Å². The molecule has 8 heteroatoms. The Morgan fingerprint density at radius 1 is 1.36 bits per heavy atom. The maximum Gasteiger partial charge on any atom is 0.223 e. The second kappa shape index (κ2) is 8.18. The van der Waals surface area contributed by atoms with Gasteiger partial charge in [-0.3, -0.25) is 4.68 Å². The lowest BCUT2D eigenvalue weighted by atomic mass is 10.1. The van der Waals surface area contributed by atoms with Crippen LogP contribution in [-0.2, 0) is 6.54 Å². The Bertz CT molecular complexity index is 980. The van der Waals surface area contributed by atoms with E-state index in [0.717, 1.165) is 11.6 Å². The molecule has 0 saturated heterocycles. The lowest BCUT2D eigenvalue weighted by Gasteiger charge is -2.08. The molecule has 146 valence electrons. The van der Waals surface area contributed by atoms with Gasteiger partial charge in [0.25, 0.3) is 0 Å². The quantitative estimate of drug-likeness (QED) is 0.542. The molecule has 0 aliphatic heterocycles. The van der Waals surface area contributed by atoms with Crippen LogP contribution in [0.15, 0.2) is 48.8 Å². The van der Waals surface area contributed by atoms with E-state index >= 15 is 0 Å². The van der Waals surface area contributed by atoms with E-state index in [1.54, 1.807) is 30.1 Å². The maximum atomic E-state index is 13.8. The first-order chi connectivity index (χ1) is 13.3. The Balaban J connectivity index is 2.07. The van der Waals surface area contributed by atoms with Crippen molar-refractivity contribution in [2.45, 2.75) is 26.5 Å². The molecule has 0 amide bonds. The van der Waals surface area contributed by atoms with Crippen molar-refractivity contribution in [3.8, 4) is 28.3 Å². The van der Waals surface area contributed by atoms with Gasteiger partial charge in [-0.2, -0.15) is 5.10 Å². The van der Waals surface area contributed by atoms with Crippen LogP contribution < -0.4 is 5.32 Å². The molecule has 1 atom stereocenters. The van der Waals surface area contributed by atoms with Crippen molar-refractivity contribution in [1.29, 1.82) is 0 Å². The standard InChI is InChI=1S/C20H22FN5O2/c1-12(2)10-26-11-17(18-4-5-22-20(24-18)23-9-13(3)27)19(25-26)14-6-15(21)8-16(28)7-14/h4-8,11,13,27-28H,1,9-10H2,2-3H3,(H,22,23,24). The Kier molecular flexibility index (Phi) is 5.70. The molecule has 1 aromatic carbocycles. The van der Waals surface area contributed by atoms with Crippen LogP contribution in [0.2, 0.25) is 0 Å². The van der Waals surface area contributed by atoms with E-state index in [9.17, 15) is 14.6 Å². The molecule has 0 aliphatic carbocycles. The van der Waals surface area contributed by atoms with Crippen molar-refractivity contribution in [2.75, 3.05) is 11.9 Å².